The van der Waals surface area contributed by atoms with Crippen LogP contribution in [0.25, 0.3) is 0 Å². The van der Waals surface area contributed by atoms with Crippen LogP contribution in [0.4, 0.5) is 0 Å². The third-order valence-corrected chi connectivity index (χ3v) is 2.04. The van der Waals surface area contributed by atoms with Gasteiger partial charge in [-0.25, -0.2) is 0 Å². The fourth-order valence-electron chi connectivity index (χ4n) is 0.421. The zero-order chi connectivity index (χ0) is 8.20. The number of carbonyl (C=O) groups is 1. The molecule has 0 aromatic rings. The highest BCUT2D eigenvalue weighted by Crippen LogP contribution is 2.04. The maximum Gasteiger partial charge on any atom is 0.183 e. The number of aldehydes is 1. The zero-order valence-corrected chi connectivity index (χ0v) is 8.18. The summed E-state index contributed by atoms with van der Waals surface area (Å²) in [6, 6.07) is 0. The van der Waals surface area contributed by atoms with E-state index in [4.69, 9.17) is 4.43 Å². The van der Waals surface area contributed by atoms with Crippen molar-refractivity contribution in [2.45, 2.75) is 26.6 Å². The standard InChI is InChI=1S/C7H16O2Si/c1-7(5-8)6-9-10(2,3)4/h5,7H,6H2,1-4H3/t7-/m0/s1. The molecule has 3 heteroatoms. The molecule has 0 aromatic heterocycles. The molecule has 0 aliphatic heterocycles. The third-order valence-electron chi connectivity index (χ3n) is 1.01. The number of carbonyl (C=O) groups excluding carboxylic acids is 1. The van der Waals surface area contributed by atoms with Crippen LogP contribution in [0, 0.1) is 5.92 Å². The summed E-state index contributed by atoms with van der Waals surface area (Å²) in [4.78, 5) is 10.2. The molecule has 0 saturated heterocycles. The van der Waals surface area contributed by atoms with E-state index in [1.807, 2.05) is 6.92 Å². The minimum Gasteiger partial charge on any atom is -0.417 e. The first-order valence-corrected chi connectivity index (χ1v) is 6.96. The Balaban J connectivity index is 3.45. The predicted octanol–water partition coefficient (Wildman–Crippen LogP) is 1.67. The van der Waals surface area contributed by atoms with E-state index in [1.165, 1.54) is 0 Å². The first-order valence-electron chi connectivity index (χ1n) is 3.55. The molecule has 0 N–H and O–H groups in total. The molecular weight excluding hydrogens is 144 g/mol. The molecule has 0 aliphatic carbocycles. The maximum absolute atomic E-state index is 10.2. The van der Waals surface area contributed by atoms with Gasteiger partial charge in [-0.05, 0) is 19.6 Å². The predicted molar refractivity (Wildman–Crippen MR) is 44.5 cm³/mol. The van der Waals surface area contributed by atoms with Crippen LogP contribution in [0.5, 0.6) is 0 Å². The lowest BCUT2D eigenvalue weighted by molar-refractivity contribution is -0.111. The van der Waals surface area contributed by atoms with E-state index in [-0.39, 0.29) is 5.92 Å². The Bertz CT molecular complexity index is 107. The number of hydrogen-bond donors (Lipinski definition) is 0. The lowest BCUT2D eigenvalue weighted by Gasteiger charge is -2.17. The molecule has 0 amide bonds. The van der Waals surface area contributed by atoms with Crippen LogP contribution >= 0.6 is 0 Å². The second-order valence-electron chi connectivity index (χ2n) is 3.54. The molecule has 0 unspecified atom stereocenters. The van der Waals surface area contributed by atoms with E-state index in [9.17, 15) is 4.79 Å². The van der Waals surface area contributed by atoms with Crippen molar-refractivity contribution >= 4 is 14.6 Å². The first-order chi connectivity index (χ1) is 4.45. The highest BCUT2D eigenvalue weighted by atomic mass is 28.4. The summed E-state index contributed by atoms with van der Waals surface area (Å²) in [6.07, 6.45) is 0.931. The van der Waals surface area contributed by atoms with Gasteiger partial charge >= 0.3 is 0 Å². The topological polar surface area (TPSA) is 26.3 Å². The van der Waals surface area contributed by atoms with Gasteiger partial charge in [-0.3, -0.25) is 0 Å². The molecule has 0 aromatic carbocycles. The van der Waals surface area contributed by atoms with Gasteiger partial charge in [0, 0.05) is 12.5 Å². The minimum atomic E-state index is -1.40. The van der Waals surface area contributed by atoms with Gasteiger partial charge in [0.2, 0.25) is 0 Å². The zero-order valence-electron chi connectivity index (χ0n) is 7.18. The van der Waals surface area contributed by atoms with Crippen LogP contribution in [0.3, 0.4) is 0 Å². The van der Waals surface area contributed by atoms with Crippen LogP contribution in [0.15, 0.2) is 0 Å². The van der Waals surface area contributed by atoms with Gasteiger partial charge in [0.05, 0.1) is 0 Å². The molecule has 0 saturated carbocycles. The molecule has 0 bridgehead atoms. The summed E-state index contributed by atoms with van der Waals surface area (Å²) in [5, 5.41) is 0. The fraction of sp³-hybridized carbons (Fsp3) is 0.857. The SMILES string of the molecule is C[C@@H](C=O)CO[Si](C)(C)C. The number of hydrogen-bond acceptors (Lipinski definition) is 2. The van der Waals surface area contributed by atoms with Crippen molar-refractivity contribution in [1.29, 1.82) is 0 Å². The van der Waals surface area contributed by atoms with Crippen molar-refractivity contribution in [3.8, 4) is 0 Å². The Morgan fingerprint density at radius 2 is 2.00 bits per heavy atom. The summed E-state index contributed by atoms with van der Waals surface area (Å²) in [7, 11) is -1.40. The second kappa shape index (κ2) is 3.88. The van der Waals surface area contributed by atoms with Gasteiger partial charge in [-0.2, -0.15) is 0 Å². The Morgan fingerprint density at radius 1 is 1.50 bits per heavy atom. The van der Waals surface area contributed by atoms with Gasteiger partial charge in [0.1, 0.15) is 6.29 Å². The molecule has 0 rings (SSSR count). The van der Waals surface area contributed by atoms with Crippen molar-refractivity contribution < 1.29 is 9.22 Å². The van der Waals surface area contributed by atoms with E-state index >= 15 is 0 Å². The van der Waals surface area contributed by atoms with E-state index in [2.05, 4.69) is 19.6 Å². The van der Waals surface area contributed by atoms with Crippen LogP contribution in [-0.2, 0) is 9.22 Å². The van der Waals surface area contributed by atoms with Gasteiger partial charge < -0.3 is 9.22 Å². The van der Waals surface area contributed by atoms with Gasteiger partial charge in [-0.1, -0.05) is 6.92 Å². The van der Waals surface area contributed by atoms with Crippen LogP contribution < -0.4 is 0 Å². The summed E-state index contributed by atoms with van der Waals surface area (Å²) in [6.45, 7) is 8.80. The summed E-state index contributed by atoms with van der Waals surface area (Å²) < 4.78 is 5.49. The Labute approximate surface area is 63.7 Å². The van der Waals surface area contributed by atoms with Gasteiger partial charge in [-0.15, -0.1) is 0 Å². The summed E-state index contributed by atoms with van der Waals surface area (Å²) in [5.74, 6) is 0.0479. The van der Waals surface area contributed by atoms with Crippen molar-refractivity contribution in [3.05, 3.63) is 0 Å². The first kappa shape index (κ1) is 9.85. The van der Waals surface area contributed by atoms with Crippen molar-refractivity contribution in [3.63, 3.8) is 0 Å². The molecule has 10 heavy (non-hydrogen) atoms. The molecule has 60 valence electrons. The van der Waals surface area contributed by atoms with E-state index in [0.29, 0.717) is 6.61 Å². The van der Waals surface area contributed by atoms with Crippen molar-refractivity contribution in [2.75, 3.05) is 6.61 Å². The van der Waals surface area contributed by atoms with Crippen LogP contribution in [0.1, 0.15) is 6.92 Å². The molecule has 2 nitrogen and oxygen atoms in total. The lowest BCUT2D eigenvalue weighted by Crippen LogP contribution is -2.28. The highest BCUT2D eigenvalue weighted by Gasteiger charge is 2.14. The van der Waals surface area contributed by atoms with Crippen LogP contribution in [-0.4, -0.2) is 21.2 Å². The van der Waals surface area contributed by atoms with Gasteiger partial charge in [0.15, 0.2) is 8.32 Å². The third kappa shape index (κ3) is 5.97. The normalized spacial score (nSPS) is 14.8. The lowest BCUT2D eigenvalue weighted by atomic mass is 10.2. The molecule has 0 spiro atoms. The molecule has 1 atom stereocenters. The quantitative estimate of drug-likeness (QED) is 0.462. The molecular formula is C7H16O2Si. The molecule has 0 heterocycles. The summed E-state index contributed by atoms with van der Waals surface area (Å²) >= 11 is 0. The molecule has 0 radical (unpaired) electrons. The van der Waals surface area contributed by atoms with Gasteiger partial charge in [0.25, 0.3) is 0 Å². The summed E-state index contributed by atoms with van der Waals surface area (Å²) in [5.41, 5.74) is 0. The average Bonchev–Trinajstić information content (AvgIpc) is 1.81. The Morgan fingerprint density at radius 3 is 2.30 bits per heavy atom. The minimum absolute atomic E-state index is 0.0479. The van der Waals surface area contributed by atoms with Crippen molar-refractivity contribution in [1.82, 2.24) is 0 Å². The van der Waals surface area contributed by atoms with E-state index in [1.54, 1.807) is 0 Å². The Kier molecular flexibility index (Phi) is 3.82. The maximum atomic E-state index is 10.2. The number of rotatable bonds is 4. The molecule has 0 fully saturated rings. The largest absolute Gasteiger partial charge is 0.417 e. The van der Waals surface area contributed by atoms with E-state index in [0.717, 1.165) is 6.29 Å². The highest BCUT2D eigenvalue weighted by molar-refractivity contribution is 6.69. The van der Waals surface area contributed by atoms with Crippen LogP contribution in [0.2, 0.25) is 19.6 Å². The molecule has 0 aliphatic rings. The second-order valence-corrected chi connectivity index (χ2v) is 8.05. The van der Waals surface area contributed by atoms with E-state index < -0.39 is 8.32 Å². The van der Waals surface area contributed by atoms with Crippen molar-refractivity contribution in [2.24, 2.45) is 5.92 Å². The Hall–Kier alpha value is -0.153. The monoisotopic (exact) mass is 160 g/mol. The smallest absolute Gasteiger partial charge is 0.183 e. The average molecular weight is 160 g/mol. The fourth-order valence-corrected chi connectivity index (χ4v) is 1.18.